The third kappa shape index (κ3) is 3.46. The van der Waals surface area contributed by atoms with Gasteiger partial charge in [0.25, 0.3) is 0 Å². The van der Waals surface area contributed by atoms with E-state index in [9.17, 15) is 4.39 Å². The van der Waals surface area contributed by atoms with E-state index in [4.69, 9.17) is 32.7 Å². The van der Waals surface area contributed by atoms with Gasteiger partial charge in [-0.15, -0.1) is 0 Å². The summed E-state index contributed by atoms with van der Waals surface area (Å²) in [5.41, 5.74) is 1.18. The molecule has 0 amide bonds. The Balaban J connectivity index is 2.24. The molecule has 5 nitrogen and oxygen atoms in total. The fourth-order valence-corrected chi connectivity index (χ4v) is 2.22. The minimum atomic E-state index is -0.651. The molecule has 0 fully saturated rings. The van der Waals surface area contributed by atoms with Crippen LogP contribution in [-0.2, 0) is 6.54 Å². The van der Waals surface area contributed by atoms with Gasteiger partial charge in [0.15, 0.2) is 5.82 Å². The van der Waals surface area contributed by atoms with Crippen molar-refractivity contribution in [3.05, 3.63) is 39.9 Å². The molecule has 0 saturated heterocycles. The lowest BCUT2D eigenvalue weighted by atomic mass is 10.2. The molecule has 1 N–H and O–H groups in total. The zero-order chi connectivity index (χ0) is 15.4. The molecule has 2 aromatic rings. The Bertz CT molecular complexity index is 610. The second-order valence-electron chi connectivity index (χ2n) is 3.98. The van der Waals surface area contributed by atoms with Crippen molar-refractivity contribution >= 4 is 28.9 Å². The SMILES string of the molecule is COc1ncnc(OC)c1CNc1cc(Cl)c(F)c(Cl)c1. The molecule has 21 heavy (non-hydrogen) atoms. The summed E-state index contributed by atoms with van der Waals surface area (Å²) in [5.74, 6) is 0.115. The molecule has 0 bridgehead atoms. The van der Waals surface area contributed by atoms with E-state index in [0.29, 0.717) is 29.6 Å². The van der Waals surface area contributed by atoms with Crippen LogP contribution in [0.4, 0.5) is 10.1 Å². The van der Waals surface area contributed by atoms with Crippen molar-refractivity contribution in [1.82, 2.24) is 9.97 Å². The van der Waals surface area contributed by atoms with Gasteiger partial charge in [0.2, 0.25) is 11.8 Å². The Hall–Kier alpha value is -1.79. The maximum absolute atomic E-state index is 13.4. The predicted molar refractivity (Wildman–Crippen MR) is 78.9 cm³/mol. The number of ether oxygens (including phenoxy) is 2. The van der Waals surface area contributed by atoms with Crippen LogP contribution in [-0.4, -0.2) is 24.2 Å². The lowest BCUT2D eigenvalue weighted by Gasteiger charge is -2.13. The molecule has 2 rings (SSSR count). The molecule has 0 unspecified atom stereocenters. The van der Waals surface area contributed by atoms with Crippen LogP contribution in [0.2, 0.25) is 10.0 Å². The second kappa shape index (κ2) is 6.78. The maximum Gasteiger partial charge on any atom is 0.225 e. The van der Waals surface area contributed by atoms with Crippen molar-refractivity contribution in [2.45, 2.75) is 6.54 Å². The van der Waals surface area contributed by atoms with E-state index in [1.807, 2.05) is 0 Å². The fourth-order valence-electron chi connectivity index (χ4n) is 1.73. The normalized spacial score (nSPS) is 10.3. The van der Waals surface area contributed by atoms with E-state index in [1.54, 1.807) is 0 Å². The average Bonchev–Trinajstić information content (AvgIpc) is 2.49. The van der Waals surface area contributed by atoms with Crippen LogP contribution in [0.15, 0.2) is 18.5 Å². The lowest BCUT2D eigenvalue weighted by molar-refractivity contribution is 0.363. The van der Waals surface area contributed by atoms with E-state index in [1.165, 1.54) is 32.7 Å². The summed E-state index contributed by atoms with van der Waals surface area (Å²) in [5, 5.41) is 2.92. The number of methoxy groups -OCH3 is 2. The van der Waals surface area contributed by atoms with Gasteiger partial charge in [0.05, 0.1) is 36.4 Å². The highest BCUT2D eigenvalue weighted by Crippen LogP contribution is 2.29. The van der Waals surface area contributed by atoms with Gasteiger partial charge in [-0.05, 0) is 12.1 Å². The molecular formula is C13H12Cl2FN3O2. The number of anilines is 1. The van der Waals surface area contributed by atoms with Crippen molar-refractivity contribution in [2.24, 2.45) is 0 Å². The molecule has 0 aliphatic carbocycles. The minimum absolute atomic E-state index is 0.0618. The standard InChI is InChI=1S/C13H12Cl2FN3O2/c1-20-12-8(13(21-2)19-6-18-12)5-17-7-3-9(14)11(16)10(15)4-7/h3-4,6,17H,5H2,1-2H3. The van der Waals surface area contributed by atoms with Gasteiger partial charge in [-0.3, -0.25) is 0 Å². The first-order chi connectivity index (χ1) is 10.1. The maximum atomic E-state index is 13.4. The molecule has 0 saturated carbocycles. The van der Waals surface area contributed by atoms with E-state index >= 15 is 0 Å². The van der Waals surface area contributed by atoms with Crippen molar-refractivity contribution in [3.63, 3.8) is 0 Å². The molecule has 1 heterocycles. The Morgan fingerprint density at radius 2 is 1.62 bits per heavy atom. The lowest BCUT2D eigenvalue weighted by Crippen LogP contribution is -2.07. The van der Waals surface area contributed by atoms with E-state index in [0.717, 1.165) is 0 Å². The predicted octanol–water partition coefficient (Wildman–Crippen LogP) is 3.55. The third-order valence-electron chi connectivity index (χ3n) is 2.71. The molecule has 0 spiro atoms. The molecular weight excluding hydrogens is 320 g/mol. The van der Waals surface area contributed by atoms with Gasteiger partial charge in [-0.1, -0.05) is 23.2 Å². The number of hydrogen-bond donors (Lipinski definition) is 1. The highest BCUT2D eigenvalue weighted by atomic mass is 35.5. The third-order valence-corrected chi connectivity index (χ3v) is 3.26. The smallest absolute Gasteiger partial charge is 0.225 e. The summed E-state index contributed by atoms with van der Waals surface area (Å²) in [6.07, 6.45) is 1.34. The highest BCUT2D eigenvalue weighted by molar-refractivity contribution is 6.35. The number of halogens is 3. The minimum Gasteiger partial charge on any atom is -0.481 e. The number of rotatable bonds is 5. The number of benzene rings is 1. The number of hydrogen-bond acceptors (Lipinski definition) is 5. The van der Waals surface area contributed by atoms with Crippen LogP contribution >= 0.6 is 23.2 Å². The summed E-state index contributed by atoms with van der Waals surface area (Å²) in [6.45, 7) is 0.297. The van der Waals surface area contributed by atoms with Crippen LogP contribution in [0, 0.1) is 5.82 Å². The van der Waals surface area contributed by atoms with Crippen LogP contribution in [0.1, 0.15) is 5.56 Å². The van der Waals surface area contributed by atoms with Gasteiger partial charge in [-0.25, -0.2) is 14.4 Å². The van der Waals surface area contributed by atoms with E-state index in [-0.39, 0.29) is 10.0 Å². The summed E-state index contributed by atoms with van der Waals surface area (Å²) in [7, 11) is 2.99. The number of nitrogens with zero attached hydrogens (tertiary/aromatic N) is 2. The summed E-state index contributed by atoms with van der Waals surface area (Å²) in [4.78, 5) is 8.00. The Morgan fingerprint density at radius 1 is 1.10 bits per heavy atom. The van der Waals surface area contributed by atoms with Crippen LogP contribution in [0.5, 0.6) is 11.8 Å². The fraction of sp³-hybridized carbons (Fsp3) is 0.231. The molecule has 0 aliphatic rings. The van der Waals surface area contributed by atoms with Crippen LogP contribution in [0.3, 0.4) is 0 Å². The van der Waals surface area contributed by atoms with Crippen LogP contribution in [0.25, 0.3) is 0 Å². The van der Waals surface area contributed by atoms with Gasteiger partial charge >= 0.3 is 0 Å². The van der Waals surface area contributed by atoms with Crippen molar-refractivity contribution < 1.29 is 13.9 Å². The second-order valence-corrected chi connectivity index (χ2v) is 4.79. The average molecular weight is 332 g/mol. The first-order valence-corrected chi connectivity index (χ1v) is 6.62. The molecule has 112 valence electrons. The van der Waals surface area contributed by atoms with E-state index in [2.05, 4.69) is 15.3 Å². The monoisotopic (exact) mass is 331 g/mol. The largest absolute Gasteiger partial charge is 0.481 e. The summed E-state index contributed by atoms with van der Waals surface area (Å²) in [6, 6.07) is 2.87. The Morgan fingerprint density at radius 3 is 2.10 bits per heavy atom. The van der Waals surface area contributed by atoms with Gasteiger partial charge in [-0.2, -0.15) is 0 Å². The number of aromatic nitrogens is 2. The molecule has 0 atom stereocenters. The summed E-state index contributed by atoms with van der Waals surface area (Å²) >= 11 is 11.5. The highest BCUT2D eigenvalue weighted by Gasteiger charge is 2.13. The van der Waals surface area contributed by atoms with Gasteiger partial charge < -0.3 is 14.8 Å². The van der Waals surface area contributed by atoms with Crippen molar-refractivity contribution in [1.29, 1.82) is 0 Å². The van der Waals surface area contributed by atoms with Crippen molar-refractivity contribution in [2.75, 3.05) is 19.5 Å². The quantitative estimate of drug-likeness (QED) is 0.849. The molecule has 1 aromatic heterocycles. The van der Waals surface area contributed by atoms with Gasteiger partial charge in [0.1, 0.15) is 6.33 Å². The molecule has 0 radical (unpaired) electrons. The molecule has 8 heteroatoms. The zero-order valence-electron chi connectivity index (χ0n) is 11.3. The van der Waals surface area contributed by atoms with Gasteiger partial charge in [0, 0.05) is 5.69 Å². The first kappa shape index (κ1) is 15.6. The first-order valence-electron chi connectivity index (χ1n) is 5.87. The van der Waals surface area contributed by atoms with Crippen molar-refractivity contribution in [3.8, 4) is 11.8 Å². The Kier molecular flexibility index (Phi) is 5.03. The van der Waals surface area contributed by atoms with Crippen LogP contribution < -0.4 is 14.8 Å². The topological polar surface area (TPSA) is 56.3 Å². The summed E-state index contributed by atoms with van der Waals surface area (Å²) < 4.78 is 23.7. The number of nitrogens with one attached hydrogen (secondary N) is 1. The van der Waals surface area contributed by atoms with E-state index < -0.39 is 5.82 Å². The molecule has 1 aromatic carbocycles. The Labute approximate surface area is 131 Å². The zero-order valence-corrected chi connectivity index (χ0v) is 12.8. The molecule has 0 aliphatic heterocycles.